The number of carbonyl (C=O) groups is 1. The van der Waals surface area contributed by atoms with Crippen molar-refractivity contribution in [2.75, 3.05) is 23.3 Å². The summed E-state index contributed by atoms with van der Waals surface area (Å²) in [5.74, 6) is -0.118. The molecular formula is C15H18N4O2. The Kier molecular flexibility index (Phi) is 3.85. The summed E-state index contributed by atoms with van der Waals surface area (Å²) in [4.78, 5) is 14.4. The van der Waals surface area contributed by atoms with Gasteiger partial charge >= 0.3 is 0 Å². The van der Waals surface area contributed by atoms with Crippen LogP contribution in [0.5, 0.6) is 0 Å². The minimum absolute atomic E-state index is 0.118. The van der Waals surface area contributed by atoms with Gasteiger partial charge in [0, 0.05) is 24.5 Å². The Hall–Kier alpha value is -2.37. The number of benzene rings is 1. The Morgan fingerprint density at radius 1 is 1.33 bits per heavy atom. The van der Waals surface area contributed by atoms with Gasteiger partial charge in [-0.05, 0) is 38.0 Å². The number of nitrogens with zero attached hydrogens (tertiary/aromatic N) is 3. The molecule has 1 fully saturated rings. The molecule has 0 atom stereocenters. The fourth-order valence-electron chi connectivity index (χ4n) is 2.52. The molecule has 0 aliphatic carbocycles. The van der Waals surface area contributed by atoms with Crippen LogP contribution in [0, 0.1) is 6.92 Å². The van der Waals surface area contributed by atoms with Crippen LogP contribution < -0.4 is 10.2 Å². The van der Waals surface area contributed by atoms with Crippen molar-refractivity contribution in [3.8, 4) is 0 Å². The van der Waals surface area contributed by atoms with Crippen molar-refractivity contribution < 1.29 is 9.42 Å². The maximum Gasteiger partial charge on any atom is 0.230 e. The minimum atomic E-state index is -0.118. The van der Waals surface area contributed by atoms with Crippen LogP contribution >= 0.6 is 0 Å². The molecule has 1 amide bonds. The van der Waals surface area contributed by atoms with Crippen LogP contribution in [0.3, 0.4) is 0 Å². The van der Waals surface area contributed by atoms with Gasteiger partial charge in [0.2, 0.25) is 5.91 Å². The maximum atomic E-state index is 12.0. The zero-order chi connectivity index (χ0) is 14.7. The van der Waals surface area contributed by atoms with E-state index in [0.29, 0.717) is 11.4 Å². The third-order valence-electron chi connectivity index (χ3n) is 3.68. The number of amides is 1. The molecule has 2 heterocycles. The largest absolute Gasteiger partial charge is 0.371 e. The summed E-state index contributed by atoms with van der Waals surface area (Å²) in [6, 6.07) is 7.95. The van der Waals surface area contributed by atoms with Crippen LogP contribution in [0.2, 0.25) is 0 Å². The van der Waals surface area contributed by atoms with Gasteiger partial charge in [-0.3, -0.25) is 4.79 Å². The normalized spacial score (nSPS) is 14.4. The molecule has 3 rings (SSSR count). The molecule has 2 aromatic rings. The van der Waals surface area contributed by atoms with E-state index in [9.17, 15) is 4.79 Å². The molecule has 1 N–H and O–H groups in total. The SMILES string of the molecule is Cc1nonc1CC(=O)Nc1cccc(N2CCCC2)c1. The first-order chi connectivity index (χ1) is 10.2. The third-order valence-corrected chi connectivity index (χ3v) is 3.68. The highest BCUT2D eigenvalue weighted by molar-refractivity contribution is 5.92. The fourth-order valence-corrected chi connectivity index (χ4v) is 2.52. The highest BCUT2D eigenvalue weighted by Gasteiger charge is 2.14. The van der Waals surface area contributed by atoms with Crippen LogP contribution in [-0.2, 0) is 11.2 Å². The first-order valence-electron chi connectivity index (χ1n) is 7.15. The van der Waals surface area contributed by atoms with E-state index in [4.69, 9.17) is 0 Å². The molecule has 1 aromatic heterocycles. The third kappa shape index (κ3) is 3.21. The summed E-state index contributed by atoms with van der Waals surface area (Å²) in [6.45, 7) is 3.94. The number of carbonyl (C=O) groups excluding carboxylic acids is 1. The van der Waals surface area contributed by atoms with Gasteiger partial charge in [-0.25, -0.2) is 4.63 Å². The van der Waals surface area contributed by atoms with Gasteiger partial charge in [-0.15, -0.1) is 0 Å². The highest BCUT2D eigenvalue weighted by atomic mass is 16.6. The molecule has 1 aromatic carbocycles. The lowest BCUT2D eigenvalue weighted by molar-refractivity contribution is -0.115. The van der Waals surface area contributed by atoms with Gasteiger partial charge in [-0.2, -0.15) is 0 Å². The summed E-state index contributed by atoms with van der Waals surface area (Å²) in [5, 5.41) is 10.3. The number of nitrogens with one attached hydrogen (secondary N) is 1. The lowest BCUT2D eigenvalue weighted by Gasteiger charge is -2.18. The molecule has 1 aliphatic rings. The number of aromatic nitrogens is 2. The molecule has 0 bridgehead atoms. The van der Waals surface area contributed by atoms with Crippen LogP contribution in [-0.4, -0.2) is 29.3 Å². The maximum absolute atomic E-state index is 12.0. The fraction of sp³-hybridized carbons (Fsp3) is 0.400. The molecule has 0 saturated carbocycles. The van der Waals surface area contributed by atoms with Crippen molar-refractivity contribution in [3.63, 3.8) is 0 Å². The number of hydrogen-bond donors (Lipinski definition) is 1. The Balaban J connectivity index is 1.65. The Bertz CT molecular complexity index is 632. The van der Waals surface area contributed by atoms with E-state index >= 15 is 0 Å². The zero-order valence-electron chi connectivity index (χ0n) is 12.0. The Labute approximate surface area is 123 Å². The quantitative estimate of drug-likeness (QED) is 0.932. The summed E-state index contributed by atoms with van der Waals surface area (Å²) in [5.41, 5.74) is 3.18. The van der Waals surface area contributed by atoms with E-state index < -0.39 is 0 Å². The molecule has 6 nitrogen and oxygen atoms in total. The van der Waals surface area contributed by atoms with Crippen molar-refractivity contribution in [3.05, 3.63) is 35.7 Å². The van der Waals surface area contributed by atoms with Gasteiger partial charge in [0.1, 0.15) is 11.4 Å². The lowest BCUT2D eigenvalue weighted by Crippen LogP contribution is -2.18. The Morgan fingerprint density at radius 3 is 2.86 bits per heavy atom. The minimum Gasteiger partial charge on any atom is -0.371 e. The average Bonchev–Trinajstić information content (AvgIpc) is 3.12. The molecule has 1 saturated heterocycles. The highest BCUT2D eigenvalue weighted by Crippen LogP contribution is 2.23. The topological polar surface area (TPSA) is 71.3 Å². The van der Waals surface area contributed by atoms with Gasteiger partial charge in [0.15, 0.2) is 0 Å². The lowest BCUT2D eigenvalue weighted by atomic mass is 10.2. The summed E-state index contributed by atoms with van der Waals surface area (Å²) in [6.07, 6.45) is 2.63. The first kappa shape index (κ1) is 13.6. The average molecular weight is 286 g/mol. The van der Waals surface area contributed by atoms with E-state index in [0.717, 1.165) is 24.5 Å². The van der Waals surface area contributed by atoms with Crippen LogP contribution in [0.4, 0.5) is 11.4 Å². The van der Waals surface area contributed by atoms with Crippen LogP contribution in [0.15, 0.2) is 28.9 Å². The first-order valence-corrected chi connectivity index (χ1v) is 7.15. The molecule has 21 heavy (non-hydrogen) atoms. The second kappa shape index (κ2) is 5.95. The van der Waals surface area contributed by atoms with Crippen molar-refractivity contribution in [2.24, 2.45) is 0 Å². The number of anilines is 2. The van der Waals surface area contributed by atoms with Gasteiger partial charge in [0.25, 0.3) is 0 Å². The number of hydrogen-bond acceptors (Lipinski definition) is 5. The van der Waals surface area contributed by atoms with Crippen molar-refractivity contribution in [2.45, 2.75) is 26.2 Å². The van der Waals surface area contributed by atoms with E-state index in [2.05, 4.69) is 31.2 Å². The molecule has 1 aliphatic heterocycles. The van der Waals surface area contributed by atoms with E-state index in [1.807, 2.05) is 18.2 Å². The summed E-state index contributed by atoms with van der Waals surface area (Å²) >= 11 is 0. The monoisotopic (exact) mass is 286 g/mol. The van der Waals surface area contributed by atoms with E-state index in [1.54, 1.807) is 6.92 Å². The van der Waals surface area contributed by atoms with Crippen molar-refractivity contribution in [1.82, 2.24) is 10.3 Å². The molecule has 6 heteroatoms. The van der Waals surface area contributed by atoms with Gasteiger partial charge < -0.3 is 10.2 Å². The molecular weight excluding hydrogens is 268 g/mol. The summed E-state index contributed by atoms with van der Waals surface area (Å²) in [7, 11) is 0. The van der Waals surface area contributed by atoms with Gasteiger partial charge in [0.05, 0.1) is 6.42 Å². The molecule has 0 radical (unpaired) electrons. The summed E-state index contributed by atoms with van der Waals surface area (Å²) < 4.78 is 4.60. The molecule has 110 valence electrons. The predicted molar refractivity (Wildman–Crippen MR) is 79.3 cm³/mol. The van der Waals surface area contributed by atoms with Crippen molar-refractivity contribution >= 4 is 17.3 Å². The second-order valence-corrected chi connectivity index (χ2v) is 5.27. The predicted octanol–water partition coefficient (Wildman–Crippen LogP) is 2.16. The standard InChI is InChI=1S/C15H18N4O2/c1-11-14(18-21-17-11)10-15(20)16-12-5-4-6-13(9-12)19-7-2-3-8-19/h4-6,9H,2-3,7-8,10H2,1H3,(H,16,20). The molecule has 0 unspecified atom stereocenters. The van der Waals surface area contributed by atoms with Gasteiger partial charge in [-0.1, -0.05) is 16.4 Å². The van der Waals surface area contributed by atoms with Crippen LogP contribution in [0.1, 0.15) is 24.2 Å². The van der Waals surface area contributed by atoms with E-state index in [-0.39, 0.29) is 12.3 Å². The van der Waals surface area contributed by atoms with Crippen molar-refractivity contribution in [1.29, 1.82) is 0 Å². The second-order valence-electron chi connectivity index (χ2n) is 5.27. The zero-order valence-corrected chi connectivity index (χ0v) is 12.0. The van der Waals surface area contributed by atoms with E-state index in [1.165, 1.54) is 12.8 Å². The molecule has 0 spiro atoms. The number of rotatable bonds is 4. The van der Waals surface area contributed by atoms with Crippen LogP contribution in [0.25, 0.3) is 0 Å². The smallest absolute Gasteiger partial charge is 0.230 e. The Morgan fingerprint density at radius 2 is 2.14 bits per heavy atom. The number of aryl methyl sites for hydroxylation is 1.